The Morgan fingerprint density at radius 2 is 1.64 bits per heavy atom. The smallest absolute Gasteiger partial charge is 0.407 e. The van der Waals surface area contributed by atoms with Crippen LogP contribution >= 0.6 is 0 Å². The first-order chi connectivity index (χ1) is 13.1. The molecule has 0 saturated carbocycles. The van der Waals surface area contributed by atoms with E-state index in [1.54, 1.807) is 20.8 Å². The van der Waals surface area contributed by atoms with Gasteiger partial charge in [0, 0.05) is 13.1 Å². The van der Waals surface area contributed by atoms with E-state index >= 15 is 0 Å². The van der Waals surface area contributed by atoms with Crippen LogP contribution in [0.1, 0.15) is 58.1 Å². The van der Waals surface area contributed by atoms with Crippen LogP contribution in [0.3, 0.4) is 0 Å². The van der Waals surface area contributed by atoms with Crippen molar-refractivity contribution in [1.29, 1.82) is 0 Å². The summed E-state index contributed by atoms with van der Waals surface area (Å²) in [6.45, 7) is 9.76. The summed E-state index contributed by atoms with van der Waals surface area (Å²) in [7, 11) is 0. The van der Waals surface area contributed by atoms with E-state index in [9.17, 15) is 14.4 Å². The highest BCUT2D eigenvalue weighted by atomic mass is 16.6. The molecular formula is C21H32N2O5. The van der Waals surface area contributed by atoms with Gasteiger partial charge in [-0.3, -0.25) is 9.59 Å². The van der Waals surface area contributed by atoms with Gasteiger partial charge in [-0.05, 0) is 44.2 Å². The van der Waals surface area contributed by atoms with Crippen molar-refractivity contribution >= 4 is 18.0 Å². The van der Waals surface area contributed by atoms with Gasteiger partial charge in [-0.1, -0.05) is 38.1 Å². The van der Waals surface area contributed by atoms with Crippen molar-refractivity contribution < 1.29 is 23.9 Å². The number of rotatable bonds is 9. The summed E-state index contributed by atoms with van der Waals surface area (Å²) in [6, 6.07) is 8.29. The van der Waals surface area contributed by atoms with Crippen molar-refractivity contribution in [3.05, 3.63) is 35.4 Å². The maximum atomic E-state index is 11.7. The van der Waals surface area contributed by atoms with E-state index in [1.807, 2.05) is 0 Å². The molecule has 7 nitrogen and oxygen atoms in total. The lowest BCUT2D eigenvalue weighted by atomic mass is 10.0. The van der Waals surface area contributed by atoms with Gasteiger partial charge in [-0.25, -0.2) is 4.79 Å². The van der Waals surface area contributed by atoms with Gasteiger partial charge in [0.25, 0.3) is 5.91 Å². The van der Waals surface area contributed by atoms with Crippen LogP contribution in [-0.4, -0.2) is 43.3 Å². The van der Waals surface area contributed by atoms with Crippen molar-refractivity contribution in [1.82, 2.24) is 10.6 Å². The van der Waals surface area contributed by atoms with Crippen molar-refractivity contribution in [2.75, 3.05) is 19.7 Å². The number of amides is 2. The summed E-state index contributed by atoms with van der Waals surface area (Å²) < 4.78 is 9.94. The number of benzene rings is 1. The number of nitrogens with one attached hydrogen (secondary N) is 2. The van der Waals surface area contributed by atoms with Gasteiger partial charge in [0.2, 0.25) is 0 Å². The molecule has 0 fully saturated rings. The van der Waals surface area contributed by atoms with Crippen LogP contribution in [0.5, 0.6) is 0 Å². The molecule has 28 heavy (non-hydrogen) atoms. The van der Waals surface area contributed by atoms with E-state index < -0.39 is 17.7 Å². The Balaban J connectivity index is 2.15. The lowest BCUT2D eigenvalue weighted by Crippen LogP contribution is -2.34. The number of carbonyl (C=O) groups is 3. The summed E-state index contributed by atoms with van der Waals surface area (Å²) in [5.74, 6) is -0.425. The molecule has 156 valence electrons. The molecule has 0 aliphatic heterocycles. The third-order valence-corrected chi connectivity index (χ3v) is 3.74. The first-order valence-electron chi connectivity index (χ1n) is 9.55. The number of carbonyl (C=O) groups excluding carboxylic acids is 3. The van der Waals surface area contributed by atoms with Gasteiger partial charge in [0.05, 0.1) is 6.42 Å². The Bertz CT molecular complexity index is 648. The highest BCUT2D eigenvalue weighted by Gasteiger charge is 2.16. The third-order valence-electron chi connectivity index (χ3n) is 3.74. The molecule has 0 unspecified atom stereocenters. The number of ether oxygens (including phenoxy) is 2. The van der Waals surface area contributed by atoms with Crippen molar-refractivity contribution in [2.45, 2.75) is 59.0 Å². The zero-order chi connectivity index (χ0) is 21.2. The summed E-state index contributed by atoms with van der Waals surface area (Å²) in [6.07, 6.45) is 0.0755. The summed E-state index contributed by atoms with van der Waals surface area (Å²) in [5, 5.41) is 5.18. The van der Waals surface area contributed by atoms with Crippen molar-refractivity contribution in [3.8, 4) is 0 Å². The fraction of sp³-hybridized carbons (Fsp3) is 0.571. The number of hydrogen-bond donors (Lipinski definition) is 2. The number of esters is 1. The van der Waals surface area contributed by atoms with E-state index in [-0.39, 0.29) is 25.5 Å². The molecule has 0 saturated heterocycles. The molecular weight excluding hydrogens is 360 g/mol. The lowest BCUT2D eigenvalue weighted by molar-refractivity contribution is -0.148. The van der Waals surface area contributed by atoms with Crippen LogP contribution in [0, 0.1) is 0 Å². The zero-order valence-corrected chi connectivity index (χ0v) is 17.5. The highest BCUT2D eigenvalue weighted by molar-refractivity contribution is 5.80. The van der Waals surface area contributed by atoms with Crippen LogP contribution in [-0.2, 0) is 25.5 Å². The standard InChI is InChI=1S/C21H32N2O5/c1-15(2)17-8-6-16(7-9-17)10-12-22-18(24)14-27-19(25)11-13-23-20(26)28-21(3,4)5/h6-9,15H,10-14H2,1-5H3,(H,22,24)(H,23,26). The number of alkyl carbamates (subject to hydrolysis) is 1. The topological polar surface area (TPSA) is 93.7 Å². The average molecular weight is 392 g/mol. The summed E-state index contributed by atoms with van der Waals surface area (Å²) in [5.41, 5.74) is 1.81. The molecule has 0 aliphatic rings. The fourth-order valence-corrected chi connectivity index (χ4v) is 2.27. The Morgan fingerprint density at radius 1 is 1.00 bits per heavy atom. The Hall–Kier alpha value is -2.57. The van der Waals surface area contributed by atoms with Crippen LogP contribution in [0.2, 0.25) is 0 Å². The predicted molar refractivity (Wildman–Crippen MR) is 107 cm³/mol. The van der Waals surface area contributed by atoms with Gasteiger partial charge < -0.3 is 20.1 Å². The monoisotopic (exact) mass is 392 g/mol. The van der Waals surface area contributed by atoms with E-state index in [0.717, 1.165) is 5.56 Å². The molecule has 7 heteroatoms. The molecule has 0 radical (unpaired) electrons. The normalized spacial score (nSPS) is 11.1. The molecule has 0 bridgehead atoms. The van der Waals surface area contributed by atoms with E-state index in [4.69, 9.17) is 9.47 Å². The van der Waals surface area contributed by atoms with Gasteiger partial charge in [-0.15, -0.1) is 0 Å². The SMILES string of the molecule is CC(C)c1ccc(CCNC(=O)COC(=O)CCNC(=O)OC(C)(C)C)cc1. The lowest BCUT2D eigenvalue weighted by Gasteiger charge is -2.19. The summed E-state index contributed by atoms with van der Waals surface area (Å²) >= 11 is 0. The molecule has 0 spiro atoms. The number of hydrogen-bond acceptors (Lipinski definition) is 5. The van der Waals surface area contributed by atoms with Gasteiger partial charge >= 0.3 is 12.1 Å². The highest BCUT2D eigenvalue weighted by Crippen LogP contribution is 2.14. The van der Waals surface area contributed by atoms with E-state index in [0.29, 0.717) is 18.9 Å². The van der Waals surface area contributed by atoms with Crippen LogP contribution in [0.25, 0.3) is 0 Å². The molecule has 2 N–H and O–H groups in total. The van der Waals surface area contributed by atoms with Crippen LogP contribution < -0.4 is 10.6 Å². The Labute approximate surface area is 167 Å². The van der Waals surface area contributed by atoms with Crippen molar-refractivity contribution in [3.63, 3.8) is 0 Å². The zero-order valence-electron chi connectivity index (χ0n) is 17.5. The quantitative estimate of drug-likeness (QED) is 0.630. The summed E-state index contributed by atoms with van der Waals surface area (Å²) in [4.78, 5) is 34.8. The largest absolute Gasteiger partial charge is 0.456 e. The fourth-order valence-electron chi connectivity index (χ4n) is 2.27. The average Bonchev–Trinajstić information content (AvgIpc) is 2.59. The van der Waals surface area contributed by atoms with Gasteiger partial charge in [0.1, 0.15) is 5.60 Å². The van der Waals surface area contributed by atoms with Gasteiger partial charge in [-0.2, -0.15) is 0 Å². The predicted octanol–water partition coefficient (Wildman–Crippen LogP) is 2.93. The van der Waals surface area contributed by atoms with Crippen LogP contribution in [0.15, 0.2) is 24.3 Å². The third kappa shape index (κ3) is 10.5. The van der Waals surface area contributed by atoms with Crippen molar-refractivity contribution in [2.24, 2.45) is 0 Å². The van der Waals surface area contributed by atoms with Crippen LogP contribution in [0.4, 0.5) is 4.79 Å². The van der Waals surface area contributed by atoms with E-state index in [1.165, 1.54) is 5.56 Å². The first kappa shape index (κ1) is 23.5. The van der Waals surface area contributed by atoms with E-state index in [2.05, 4.69) is 48.7 Å². The first-order valence-corrected chi connectivity index (χ1v) is 9.55. The second kappa shape index (κ2) is 11.3. The molecule has 0 aromatic heterocycles. The minimum Gasteiger partial charge on any atom is -0.456 e. The Kier molecular flexibility index (Phi) is 9.48. The molecule has 1 aromatic carbocycles. The minimum absolute atomic E-state index is 0.0330. The maximum Gasteiger partial charge on any atom is 0.407 e. The second-order valence-corrected chi connectivity index (χ2v) is 7.84. The maximum absolute atomic E-state index is 11.7. The molecule has 1 aromatic rings. The molecule has 0 aliphatic carbocycles. The molecule has 0 atom stereocenters. The second-order valence-electron chi connectivity index (χ2n) is 7.84. The molecule has 1 rings (SSSR count). The molecule has 2 amide bonds. The minimum atomic E-state index is -0.598. The Morgan fingerprint density at radius 3 is 2.21 bits per heavy atom. The van der Waals surface area contributed by atoms with Gasteiger partial charge in [0.15, 0.2) is 6.61 Å². The molecule has 0 heterocycles.